The van der Waals surface area contributed by atoms with E-state index in [2.05, 4.69) is 0 Å². The summed E-state index contributed by atoms with van der Waals surface area (Å²) < 4.78 is 164. The summed E-state index contributed by atoms with van der Waals surface area (Å²) >= 11 is 0. The molecule has 0 heterocycles. The van der Waals surface area contributed by atoms with Crippen LogP contribution in [0.15, 0.2) is 0 Å². The minimum absolute atomic E-state index is 0.323. The fourth-order valence-electron chi connectivity index (χ4n) is 0.376. The molecular formula is C8H8F10O8S2. The molecule has 0 fully saturated rings. The highest BCUT2D eigenvalue weighted by Crippen LogP contribution is 2.39. The molecule has 0 aliphatic rings. The van der Waals surface area contributed by atoms with Gasteiger partial charge in [0.2, 0.25) is 0 Å². The van der Waals surface area contributed by atoms with Crippen molar-refractivity contribution < 1.29 is 79.4 Å². The van der Waals surface area contributed by atoms with Crippen molar-refractivity contribution in [2.75, 3.05) is 0 Å². The van der Waals surface area contributed by atoms with Crippen LogP contribution in [0.1, 0.15) is 13.3 Å². The molecule has 0 saturated carbocycles. The highest BCUT2D eigenvalue weighted by molar-refractivity contribution is 7.87. The lowest BCUT2D eigenvalue weighted by atomic mass is 10.3. The standard InChI is InChI=1S/C4H6O2.2C2HF5O3S/c1-2-4(6)3-5;2*3-1(4,5)2(6,7)11(8,9)10/h3H,2H2,1H3;2*(H,8,9,10). The third kappa shape index (κ3) is 9.10. The third-order valence-electron chi connectivity index (χ3n) is 1.79. The van der Waals surface area contributed by atoms with Crippen LogP contribution < -0.4 is 0 Å². The predicted octanol–water partition coefficient (Wildman–Crippen LogP) is 2.22. The van der Waals surface area contributed by atoms with Crippen molar-refractivity contribution in [3.8, 4) is 0 Å². The van der Waals surface area contributed by atoms with Crippen molar-refractivity contribution in [3.05, 3.63) is 0 Å². The van der Waals surface area contributed by atoms with Gasteiger partial charge in [0.05, 0.1) is 0 Å². The molecule has 0 rings (SSSR count). The van der Waals surface area contributed by atoms with Gasteiger partial charge in [-0.15, -0.1) is 0 Å². The Balaban J connectivity index is -0.000000351. The molecule has 0 aliphatic carbocycles. The van der Waals surface area contributed by atoms with Crippen LogP contribution >= 0.6 is 0 Å². The van der Waals surface area contributed by atoms with E-state index < -0.39 is 43.1 Å². The fourth-order valence-corrected chi connectivity index (χ4v) is 0.961. The molecule has 0 amide bonds. The van der Waals surface area contributed by atoms with E-state index in [0.717, 1.165) is 0 Å². The van der Waals surface area contributed by atoms with Gasteiger partial charge < -0.3 is 0 Å². The Morgan fingerprint density at radius 3 is 0.964 bits per heavy atom. The normalized spacial score (nSPS) is 13.5. The molecule has 0 aromatic rings. The molecule has 0 aromatic heterocycles. The maximum Gasteiger partial charge on any atom is 0.472 e. The molecule has 20 heteroatoms. The highest BCUT2D eigenvalue weighted by Gasteiger charge is 2.68. The summed E-state index contributed by atoms with van der Waals surface area (Å²) in [5.74, 6) is -0.338. The van der Waals surface area contributed by atoms with Crippen LogP contribution in [0.4, 0.5) is 43.9 Å². The Hall–Kier alpha value is -1.54. The van der Waals surface area contributed by atoms with Crippen LogP contribution in [0, 0.1) is 0 Å². The van der Waals surface area contributed by atoms with Crippen LogP contribution in [0.25, 0.3) is 0 Å². The molecule has 0 atom stereocenters. The van der Waals surface area contributed by atoms with Crippen LogP contribution in [0.5, 0.6) is 0 Å². The number of hydrogen-bond donors (Lipinski definition) is 2. The molecule has 0 aliphatic heterocycles. The van der Waals surface area contributed by atoms with Crippen molar-refractivity contribution in [1.29, 1.82) is 0 Å². The van der Waals surface area contributed by atoms with Crippen molar-refractivity contribution >= 4 is 32.3 Å². The lowest BCUT2D eigenvalue weighted by molar-refractivity contribution is -0.243. The lowest BCUT2D eigenvalue weighted by Crippen LogP contribution is -2.43. The van der Waals surface area contributed by atoms with E-state index in [1.807, 2.05) is 0 Å². The van der Waals surface area contributed by atoms with Gasteiger partial charge in [0.1, 0.15) is 0 Å². The van der Waals surface area contributed by atoms with Crippen LogP contribution in [-0.2, 0) is 29.8 Å². The Labute approximate surface area is 149 Å². The van der Waals surface area contributed by atoms with Gasteiger partial charge in [-0.2, -0.15) is 60.7 Å². The minimum Gasteiger partial charge on any atom is -0.295 e. The van der Waals surface area contributed by atoms with Gasteiger partial charge in [0, 0.05) is 6.42 Å². The number of rotatable bonds is 4. The van der Waals surface area contributed by atoms with Gasteiger partial charge in [-0.05, 0) is 0 Å². The van der Waals surface area contributed by atoms with Crippen LogP contribution in [-0.4, -0.2) is 60.9 Å². The number of alkyl halides is 10. The largest absolute Gasteiger partial charge is 0.472 e. The monoisotopic (exact) mass is 486 g/mol. The smallest absolute Gasteiger partial charge is 0.295 e. The van der Waals surface area contributed by atoms with Gasteiger partial charge in [-0.3, -0.25) is 18.7 Å². The van der Waals surface area contributed by atoms with Gasteiger partial charge in [-0.1, -0.05) is 6.92 Å². The second-order valence-electron chi connectivity index (χ2n) is 3.92. The van der Waals surface area contributed by atoms with Crippen molar-refractivity contribution in [3.63, 3.8) is 0 Å². The number of Topliss-reactive ketones (excluding diaryl/α,β-unsaturated/α-hetero) is 1. The predicted molar refractivity (Wildman–Crippen MR) is 66.5 cm³/mol. The lowest BCUT2D eigenvalue weighted by Gasteiger charge is -2.15. The van der Waals surface area contributed by atoms with Crippen molar-refractivity contribution in [2.24, 2.45) is 0 Å². The molecule has 0 aromatic carbocycles. The first kappa shape index (κ1) is 31.2. The van der Waals surface area contributed by atoms with Gasteiger partial charge in [0.25, 0.3) is 0 Å². The summed E-state index contributed by atoms with van der Waals surface area (Å²) in [6.07, 6.45) is -11.9. The number of carbonyl (C=O) groups is 2. The van der Waals surface area contributed by atoms with E-state index in [-0.39, 0.29) is 5.78 Å². The van der Waals surface area contributed by atoms with E-state index in [1.54, 1.807) is 6.92 Å². The number of hydrogen-bond acceptors (Lipinski definition) is 6. The quantitative estimate of drug-likeness (QED) is 0.267. The van der Waals surface area contributed by atoms with Crippen LogP contribution in [0.3, 0.4) is 0 Å². The molecule has 0 spiro atoms. The second kappa shape index (κ2) is 9.78. The number of ketones is 1. The number of aldehydes is 1. The summed E-state index contributed by atoms with van der Waals surface area (Å²) in [5.41, 5.74) is 0. The first-order valence-corrected chi connectivity index (χ1v) is 8.50. The van der Waals surface area contributed by atoms with Gasteiger partial charge in [0.15, 0.2) is 12.1 Å². The summed E-state index contributed by atoms with van der Waals surface area (Å²) in [5, 5.41) is -12.2. The maximum absolute atomic E-state index is 11.5. The van der Waals surface area contributed by atoms with E-state index in [9.17, 15) is 70.3 Å². The first-order chi connectivity index (χ1) is 11.8. The summed E-state index contributed by atoms with van der Waals surface area (Å²) in [7, 11) is -12.8. The molecule has 0 bridgehead atoms. The fraction of sp³-hybridized carbons (Fsp3) is 0.750. The maximum atomic E-state index is 11.5. The average Bonchev–Trinajstić information content (AvgIpc) is 2.43. The van der Waals surface area contributed by atoms with E-state index in [4.69, 9.17) is 9.11 Å². The summed E-state index contributed by atoms with van der Waals surface area (Å²) in [6, 6.07) is 0. The third-order valence-corrected chi connectivity index (χ3v) is 3.55. The zero-order valence-corrected chi connectivity index (χ0v) is 14.4. The molecule has 2 N–H and O–H groups in total. The summed E-state index contributed by atoms with van der Waals surface area (Å²) in [4.78, 5) is 19.2. The Morgan fingerprint density at radius 1 is 0.750 bits per heavy atom. The molecule has 170 valence electrons. The zero-order chi connectivity index (χ0) is 24.0. The SMILES string of the molecule is CCC(=O)C=O.O=S(=O)(O)C(F)(F)C(F)(F)F.O=S(=O)(O)C(F)(F)C(F)(F)F. The summed E-state index contributed by atoms with van der Waals surface area (Å²) in [6.45, 7) is 1.65. The molecule has 0 saturated heterocycles. The average molecular weight is 486 g/mol. The van der Waals surface area contributed by atoms with Crippen molar-refractivity contribution in [1.82, 2.24) is 0 Å². The first-order valence-electron chi connectivity index (χ1n) is 5.62. The molecular weight excluding hydrogens is 478 g/mol. The molecule has 8 nitrogen and oxygen atoms in total. The second-order valence-corrected chi connectivity index (χ2v) is 6.84. The van der Waals surface area contributed by atoms with E-state index in [1.165, 1.54) is 0 Å². The Kier molecular flexibility index (Phi) is 10.9. The molecule has 28 heavy (non-hydrogen) atoms. The van der Waals surface area contributed by atoms with Gasteiger partial charge in [-0.25, -0.2) is 0 Å². The van der Waals surface area contributed by atoms with Crippen LogP contribution in [0.2, 0.25) is 0 Å². The Morgan fingerprint density at radius 2 is 0.964 bits per heavy atom. The van der Waals surface area contributed by atoms with Gasteiger partial charge >= 0.3 is 43.1 Å². The van der Waals surface area contributed by atoms with Crippen molar-refractivity contribution in [2.45, 2.75) is 36.2 Å². The zero-order valence-electron chi connectivity index (χ0n) is 12.7. The number of carbonyl (C=O) groups excluding carboxylic acids is 2. The minimum atomic E-state index is -6.42. The Bertz CT molecular complexity index is 680. The topological polar surface area (TPSA) is 143 Å². The number of halogens is 10. The highest BCUT2D eigenvalue weighted by atomic mass is 32.2. The van der Waals surface area contributed by atoms with E-state index >= 15 is 0 Å². The molecule has 0 radical (unpaired) electrons. The molecule has 0 unspecified atom stereocenters. The van der Waals surface area contributed by atoms with E-state index in [0.29, 0.717) is 12.7 Å².